The van der Waals surface area contributed by atoms with Gasteiger partial charge in [-0.15, -0.1) is 0 Å². The number of nitrogens with two attached hydrogens (primary N) is 1. The molecule has 0 bridgehead atoms. The molecule has 0 saturated carbocycles. The number of hydrogen-bond acceptors (Lipinski definition) is 6. The molecule has 0 radical (unpaired) electrons. The van der Waals surface area contributed by atoms with Crippen molar-refractivity contribution in [3.8, 4) is 0 Å². The van der Waals surface area contributed by atoms with Crippen LogP contribution in [-0.4, -0.2) is 56.3 Å². The third kappa shape index (κ3) is 7.81. The molecule has 170 valence electrons. The van der Waals surface area contributed by atoms with E-state index in [4.69, 9.17) is 5.14 Å². The van der Waals surface area contributed by atoms with Gasteiger partial charge in [0.2, 0.25) is 21.8 Å². The van der Waals surface area contributed by atoms with E-state index in [-0.39, 0.29) is 16.9 Å². The number of nitrogens with one attached hydrogen (secondary N) is 3. The van der Waals surface area contributed by atoms with E-state index < -0.39 is 52.8 Å². The number of hydrogen-bond donors (Lipinski definition) is 5. The monoisotopic (exact) mass is 462 g/mol. The summed E-state index contributed by atoms with van der Waals surface area (Å²) in [6.07, 6.45) is 0.0795. The first-order chi connectivity index (χ1) is 15.1. The zero-order valence-electron chi connectivity index (χ0n) is 16.8. The Labute approximate surface area is 184 Å². The second-order valence-electron chi connectivity index (χ2n) is 6.68. The summed E-state index contributed by atoms with van der Waals surface area (Å²) in [5.74, 6) is -3.23. The second kappa shape index (κ2) is 11.0. The fourth-order valence-corrected chi connectivity index (χ4v) is 3.11. The molecule has 0 aliphatic carbocycles. The Hall–Kier alpha value is -3.77. The van der Waals surface area contributed by atoms with Gasteiger partial charge >= 0.3 is 5.97 Å². The van der Waals surface area contributed by atoms with Crippen LogP contribution in [0.2, 0.25) is 0 Å². The molecule has 0 heterocycles. The van der Waals surface area contributed by atoms with Gasteiger partial charge in [-0.3, -0.25) is 14.4 Å². The number of aliphatic carboxylic acids is 1. The number of carbonyl (C=O) groups is 4. The van der Waals surface area contributed by atoms with Crippen molar-refractivity contribution >= 4 is 33.7 Å². The summed E-state index contributed by atoms with van der Waals surface area (Å²) in [6, 6.07) is 12.4. The maximum atomic E-state index is 12.0. The highest BCUT2D eigenvalue weighted by Gasteiger charge is 2.20. The molecule has 3 amide bonds. The fraction of sp³-hybridized carbons (Fsp3) is 0.200. The van der Waals surface area contributed by atoms with Gasteiger partial charge in [-0.1, -0.05) is 30.3 Å². The van der Waals surface area contributed by atoms with Gasteiger partial charge in [0, 0.05) is 12.0 Å². The minimum atomic E-state index is -3.89. The van der Waals surface area contributed by atoms with E-state index in [2.05, 4.69) is 16.0 Å². The van der Waals surface area contributed by atoms with Crippen LogP contribution in [0.1, 0.15) is 15.9 Å². The molecule has 0 aliphatic rings. The second-order valence-corrected chi connectivity index (χ2v) is 8.24. The quantitative estimate of drug-likeness (QED) is 0.299. The summed E-state index contributed by atoms with van der Waals surface area (Å²) in [5.41, 5.74) is 0.831. The molecule has 2 aromatic rings. The maximum Gasteiger partial charge on any atom is 0.326 e. The van der Waals surface area contributed by atoms with Crippen LogP contribution in [0, 0.1) is 0 Å². The number of benzene rings is 2. The van der Waals surface area contributed by atoms with E-state index in [0.29, 0.717) is 0 Å². The molecule has 0 fully saturated rings. The van der Waals surface area contributed by atoms with Crippen LogP contribution < -0.4 is 21.1 Å². The smallest absolute Gasteiger partial charge is 0.326 e. The van der Waals surface area contributed by atoms with Gasteiger partial charge in [-0.25, -0.2) is 18.4 Å². The van der Waals surface area contributed by atoms with Crippen molar-refractivity contribution in [3.05, 3.63) is 65.7 Å². The Morgan fingerprint density at radius 1 is 0.875 bits per heavy atom. The first kappa shape index (κ1) is 24.5. The molecular weight excluding hydrogens is 440 g/mol. The highest BCUT2D eigenvalue weighted by molar-refractivity contribution is 7.89. The Morgan fingerprint density at radius 2 is 1.47 bits per heavy atom. The number of sulfonamides is 1. The molecular formula is C20H22N4O7S. The van der Waals surface area contributed by atoms with Gasteiger partial charge in [0.05, 0.1) is 18.0 Å². The van der Waals surface area contributed by atoms with E-state index in [1.807, 2.05) is 0 Å². The average Bonchev–Trinajstić information content (AvgIpc) is 2.75. The van der Waals surface area contributed by atoms with E-state index in [9.17, 15) is 32.7 Å². The number of carboxylic acids is 1. The van der Waals surface area contributed by atoms with E-state index in [1.165, 1.54) is 12.1 Å². The minimum absolute atomic E-state index is 0.0795. The predicted molar refractivity (Wildman–Crippen MR) is 113 cm³/mol. The topological polar surface area (TPSA) is 185 Å². The molecule has 0 saturated heterocycles. The number of carboxylic acid groups (broad SMARTS) is 1. The molecule has 6 N–H and O–H groups in total. The summed E-state index contributed by atoms with van der Waals surface area (Å²) >= 11 is 0. The number of rotatable bonds is 10. The van der Waals surface area contributed by atoms with E-state index in [1.54, 1.807) is 30.3 Å². The van der Waals surface area contributed by atoms with Crippen LogP contribution in [0.15, 0.2) is 59.5 Å². The number of amides is 3. The summed E-state index contributed by atoms with van der Waals surface area (Å²) in [6.45, 7) is -0.925. The minimum Gasteiger partial charge on any atom is -0.480 e. The Morgan fingerprint density at radius 3 is 2.03 bits per heavy atom. The van der Waals surface area contributed by atoms with Gasteiger partial charge < -0.3 is 21.1 Å². The average molecular weight is 462 g/mol. The molecule has 11 nitrogen and oxygen atoms in total. The van der Waals surface area contributed by atoms with Crippen LogP contribution in [-0.2, 0) is 30.8 Å². The molecule has 0 aliphatic heterocycles. The highest BCUT2D eigenvalue weighted by Crippen LogP contribution is 2.08. The van der Waals surface area contributed by atoms with E-state index in [0.717, 1.165) is 17.7 Å². The number of primary sulfonamides is 1. The fourth-order valence-electron chi connectivity index (χ4n) is 2.60. The van der Waals surface area contributed by atoms with Crippen molar-refractivity contribution in [2.45, 2.75) is 17.4 Å². The van der Waals surface area contributed by atoms with Crippen LogP contribution in [0.5, 0.6) is 0 Å². The van der Waals surface area contributed by atoms with Crippen molar-refractivity contribution in [1.82, 2.24) is 16.0 Å². The summed E-state index contributed by atoms with van der Waals surface area (Å²) < 4.78 is 22.4. The molecule has 12 heteroatoms. The molecule has 0 spiro atoms. The zero-order chi connectivity index (χ0) is 23.7. The Kier molecular flexibility index (Phi) is 8.44. The summed E-state index contributed by atoms with van der Waals surface area (Å²) in [7, 11) is -3.89. The predicted octanol–water partition coefficient (Wildman–Crippen LogP) is -1.01. The van der Waals surface area contributed by atoms with Crippen LogP contribution >= 0.6 is 0 Å². The summed E-state index contributed by atoms with van der Waals surface area (Å²) in [5, 5.41) is 21.2. The van der Waals surface area contributed by atoms with Crippen molar-refractivity contribution < 1.29 is 32.7 Å². The molecule has 2 rings (SSSR count). The van der Waals surface area contributed by atoms with E-state index >= 15 is 0 Å². The highest BCUT2D eigenvalue weighted by atomic mass is 32.2. The standard InChI is InChI=1S/C20H22N4O7S/c21-32(30,31)15-8-6-14(7-9-15)19(27)23-11-17(25)22-12-18(26)24-16(20(28)29)10-13-4-2-1-3-5-13/h1-9,16H,10-12H2,(H,22,25)(H,23,27)(H,24,26)(H,28,29)(H2,21,30,31)/t16-/m0/s1. The van der Waals surface area contributed by atoms with Crippen molar-refractivity contribution in [3.63, 3.8) is 0 Å². The lowest BCUT2D eigenvalue weighted by molar-refractivity contribution is -0.141. The molecule has 2 aromatic carbocycles. The van der Waals surface area contributed by atoms with Crippen LogP contribution in [0.3, 0.4) is 0 Å². The molecule has 1 atom stereocenters. The Bertz CT molecular complexity index is 1090. The number of carbonyl (C=O) groups excluding carboxylic acids is 3. The summed E-state index contributed by atoms with van der Waals surface area (Å²) in [4.78, 5) is 47.1. The first-order valence-electron chi connectivity index (χ1n) is 9.30. The lowest BCUT2D eigenvalue weighted by Gasteiger charge is -2.15. The van der Waals surface area contributed by atoms with Crippen molar-refractivity contribution in [2.75, 3.05) is 13.1 Å². The zero-order valence-corrected chi connectivity index (χ0v) is 17.6. The third-order valence-corrected chi connectivity index (χ3v) is 5.15. The molecule has 0 unspecified atom stereocenters. The van der Waals surface area contributed by atoms with Gasteiger partial charge in [-0.2, -0.15) is 0 Å². The molecule has 32 heavy (non-hydrogen) atoms. The largest absolute Gasteiger partial charge is 0.480 e. The third-order valence-electron chi connectivity index (χ3n) is 4.22. The van der Waals surface area contributed by atoms with Crippen molar-refractivity contribution in [1.29, 1.82) is 0 Å². The lowest BCUT2D eigenvalue weighted by atomic mass is 10.1. The normalized spacial score (nSPS) is 11.8. The van der Waals surface area contributed by atoms with Crippen LogP contribution in [0.4, 0.5) is 0 Å². The SMILES string of the molecule is NS(=O)(=O)c1ccc(C(=O)NCC(=O)NCC(=O)N[C@@H](Cc2ccccc2)C(=O)O)cc1. The van der Waals surface area contributed by atoms with Gasteiger partial charge in [0.1, 0.15) is 6.04 Å². The van der Waals surface area contributed by atoms with Gasteiger partial charge in [0.15, 0.2) is 0 Å². The van der Waals surface area contributed by atoms with Crippen LogP contribution in [0.25, 0.3) is 0 Å². The maximum absolute atomic E-state index is 12.0. The first-order valence-corrected chi connectivity index (χ1v) is 10.8. The van der Waals surface area contributed by atoms with Gasteiger partial charge in [0.25, 0.3) is 5.91 Å². The Balaban J connectivity index is 1.78. The van der Waals surface area contributed by atoms with Gasteiger partial charge in [-0.05, 0) is 29.8 Å². The van der Waals surface area contributed by atoms with Crippen molar-refractivity contribution in [2.24, 2.45) is 5.14 Å². The lowest BCUT2D eigenvalue weighted by Crippen LogP contribution is -2.47. The molecule has 0 aromatic heterocycles.